The number of aromatic nitrogens is 2. The van der Waals surface area contributed by atoms with Crippen LogP contribution in [0.5, 0.6) is 0 Å². The summed E-state index contributed by atoms with van der Waals surface area (Å²) in [6, 6.07) is 7.76. The number of hydrogen-bond donors (Lipinski definition) is 0. The molecule has 2 saturated carbocycles. The number of likely N-dealkylation sites (tertiary alicyclic amines) is 1. The molecular formula is C25H34N4O. The van der Waals surface area contributed by atoms with Crippen molar-refractivity contribution in [1.29, 1.82) is 0 Å². The maximum Gasteiger partial charge on any atom is 0.225 e. The molecule has 0 radical (unpaired) electrons. The van der Waals surface area contributed by atoms with Gasteiger partial charge in [0.05, 0.1) is 11.0 Å². The second-order valence-corrected chi connectivity index (χ2v) is 10.0. The molecule has 1 aromatic heterocycles. The molecule has 5 heteroatoms. The number of benzene rings is 1. The minimum atomic E-state index is 0.314. The first-order valence-electron chi connectivity index (χ1n) is 12.3. The van der Waals surface area contributed by atoms with Crippen LogP contribution in [0.25, 0.3) is 11.0 Å². The van der Waals surface area contributed by atoms with E-state index in [0.29, 0.717) is 17.7 Å². The van der Waals surface area contributed by atoms with Crippen molar-refractivity contribution in [2.75, 3.05) is 26.2 Å². The molecule has 30 heavy (non-hydrogen) atoms. The van der Waals surface area contributed by atoms with E-state index in [1.54, 1.807) is 0 Å². The Morgan fingerprint density at radius 1 is 0.933 bits per heavy atom. The summed E-state index contributed by atoms with van der Waals surface area (Å²) in [5.41, 5.74) is 3.82. The van der Waals surface area contributed by atoms with Gasteiger partial charge in [0.25, 0.3) is 0 Å². The standard InChI is InChI=1S/C25H34N4O/c30-25(18-4-1-5-18)28-12-3-6-20(17-28)19-9-10-23-22(16-19)26-24-11-13-27(14-15-29(23)24)21-7-2-8-21/h9-10,16,18,20-21H,1-8,11-15,17H2. The zero-order valence-electron chi connectivity index (χ0n) is 18.1. The molecule has 2 aliphatic carbocycles. The molecule has 5 nitrogen and oxygen atoms in total. The topological polar surface area (TPSA) is 41.4 Å². The molecule has 1 unspecified atom stereocenters. The molecule has 4 aliphatic rings. The normalized spacial score (nSPS) is 26.1. The van der Waals surface area contributed by atoms with Crippen LogP contribution in [-0.4, -0.2) is 57.5 Å². The van der Waals surface area contributed by atoms with Gasteiger partial charge in [-0.25, -0.2) is 4.98 Å². The van der Waals surface area contributed by atoms with Crippen LogP contribution >= 0.6 is 0 Å². The van der Waals surface area contributed by atoms with Crippen LogP contribution in [0.2, 0.25) is 0 Å². The molecule has 160 valence electrons. The molecule has 2 aromatic rings. The lowest BCUT2D eigenvalue weighted by molar-refractivity contribution is -0.139. The average molecular weight is 407 g/mol. The Bertz CT molecular complexity index is 942. The Morgan fingerprint density at radius 3 is 2.57 bits per heavy atom. The van der Waals surface area contributed by atoms with E-state index < -0.39 is 0 Å². The molecule has 1 saturated heterocycles. The van der Waals surface area contributed by atoms with Gasteiger partial charge >= 0.3 is 0 Å². The quantitative estimate of drug-likeness (QED) is 0.775. The molecule has 2 aliphatic heterocycles. The van der Waals surface area contributed by atoms with Gasteiger partial charge in [0.15, 0.2) is 0 Å². The number of amides is 1. The van der Waals surface area contributed by atoms with Crippen LogP contribution in [0, 0.1) is 5.92 Å². The lowest BCUT2D eigenvalue weighted by Crippen LogP contribution is -2.44. The molecule has 0 spiro atoms. The van der Waals surface area contributed by atoms with Crippen LogP contribution in [0.1, 0.15) is 68.7 Å². The third-order valence-electron chi connectivity index (χ3n) is 8.33. The van der Waals surface area contributed by atoms with Crippen molar-refractivity contribution in [3.8, 4) is 0 Å². The third kappa shape index (κ3) is 3.26. The van der Waals surface area contributed by atoms with Crippen LogP contribution < -0.4 is 0 Å². The largest absolute Gasteiger partial charge is 0.342 e. The second-order valence-electron chi connectivity index (χ2n) is 10.0. The fraction of sp³-hybridized carbons (Fsp3) is 0.680. The van der Waals surface area contributed by atoms with Crippen molar-refractivity contribution in [2.45, 2.75) is 76.3 Å². The Labute approximate surface area is 179 Å². The maximum absolute atomic E-state index is 12.7. The summed E-state index contributed by atoms with van der Waals surface area (Å²) in [6.07, 6.45) is 11.0. The van der Waals surface area contributed by atoms with Gasteiger partial charge in [0.2, 0.25) is 5.91 Å². The number of rotatable bonds is 3. The van der Waals surface area contributed by atoms with Crippen LogP contribution in [0.15, 0.2) is 18.2 Å². The van der Waals surface area contributed by atoms with Crippen LogP contribution in [0.3, 0.4) is 0 Å². The highest BCUT2D eigenvalue weighted by molar-refractivity contribution is 5.80. The van der Waals surface area contributed by atoms with Crippen molar-refractivity contribution < 1.29 is 4.79 Å². The minimum absolute atomic E-state index is 0.314. The first-order chi connectivity index (χ1) is 14.8. The van der Waals surface area contributed by atoms with Crippen molar-refractivity contribution in [2.24, 2.45) is 5.92 Å². The summed E-state index contributed by atoms with van der Waals surface area (Å²) in [5, 5.41) is 0. The molecule has 0 bridgehead atoms. The van der Waals surface area contributed by atoms with Gasteiger partial charge in [-0.1, -0.05) is 18.9 Å². The predicted molar refractivity (Wildman–Crippen MR) is 119 cm³/mol. The fourth-order valence-electron chi connectivity index (χ4n) is 5.95. The summed E-state index contributed by atoms with van der Waals surface area (Å²) in [4.78, 5) is 22.6. The Balaban J connectivity index is 1.20. The molecule has 0 N–H and O–H groups in total. The minimum Gasteiger partial charge on any atom is -0.342 e. The van der Waals surface area contributed by atoms with E-state index in [2.05, 4.69) is 32.6 Å². The smallest absolute Gasteiger partial charge is 0.225 e. The van der Waals surface area contributed by atoms with E-state index in [9.17, 15) is 4.79 Å². The van der Waals surface area contributed by atoms with E-state index in [-0.39, 0.29) is 0 Å². The van der Waals surface area contributed by atoms with E-state index >= 15 is 0 Å². The highest BCUT2D eigenvalue weighted by Gasteiger charge is 2.33. The van der Waals surface area contributed by atoms with E-state index in [4.69, 9.17) is 4.98 Å². The van der Waals surface area contributed by atoms with E-state index in [0.717, 1.165) is 70.0 Å². The first-order valence-corrected chi connectivity index (χ1v) is 12.3. The number of imidazole rings is 1. The summed E-state index contributed by atoms with van der Waals surface area (Å²) in [6.45, 7) is 5.22. The summed E-state index contributed by atoms with van der Waals surface area (Å²) < 4.78 is 2.46. The van der Waals surface area contributed by atoms with Gasteiger partial charge in [-0.15, -0.1) is 0 Å². The lowest BCUT2D eigenvalue weighted by atomic mass is 9.83. The second kappa shape index (κ2) is 7.67. The Kier molecular flexibility index (Phi) is 4.82. The molecule has 6 rings (SSSR count). The average Bonchev–Trinajstić information content (AvgIpc) is 2.91. The number of fused-ring (bicyclic) bond motifs is 3. The SMILES string of the molecule is O=C(C1CCC1)N1CCCC(c2ccc3c(c2)nc2n3CCN(C3CCC3)CC2)C1. The molecule has 3 fully saturated rings. The fourth-order valence-corrected chi connectivity index (χ4v) is 5.95. The Morgan fingerprint density at radius 2 is 1.80 bits per heavy atom. The number of carbonyl (C=O) groups is 1. The molecular weight excluding hydrogens is 372 g/mol. The van der Waals surface area contributed by atoms with Gasteiger partial charge in [-0.2, -0.15) is 0 Å². The van der Waals surface area contributed by atoms with Gasteiger partial charge < -0.3 is 9.47 Å². The van der Waals surface area contributed by atoms with Gasteiger partial charge in [0, 0.05) is 57.0 Å². The molecule has 1 amide bonds. The number of hydrogen-bond acceptors (Lipinski definition) is 3. The summed E-state index contributed by atoms with van der Waals surface area (Å²) in [7, 11) is 0. The molecule has 3 heterocycles. The van der Waals surface area contributed by atoms with Crippen molar-refractivity contribution in [3.63, 3.8) is 0 Å². The zero-order chi connectivity index (χ0) is 20.1. The van der Waals surface area contributed by atoms with Crippen LogP contribution in [0.4, 0.5) is 0 Å². The van der Waals surface area contributed by atoms with Gasteiger partial charge in [-0.05, 0) is 56.2 Å². The number of nitrogens with zero attached hydrogens (tertiary/aromatic N) is 4. The van der Waals surface area contributed by atoms with E-state index in [1.165, 1.54) is 49.0 Å². The Hall–Kier alpha value is -1.88. The third-order valence-corrected chi connectivity index (χ3v) is 8.33. The van der Waals surface area contributed by atoms with E-state index in [1.807, 2.05) is 0 Å². The van der Waals surface area contributed by atoms with Crippen molar-refractivity contribution in [1.82, 2.24) is 19.4 Å². The van der Waals surface area contributed by atoms with Gasteiger partial charge in [-0.3, -0.25) is 9.69 Å². The summed E-state index contributed by atoms with van der Waals surface area (Å²) >= 11 is 0. The molecule has 1 aromatic carbocycles. The van der Waals surface area contributed by atoms with Crippen molar-refractivity contribution >= 4 is 16.9 Å². The summed E-state index contributed by atoms with van der Waals surface area (Å²) in [5.74, 6) is 2.45. The highest BCUT2D eigenvalue weighted by atomic mass is 16.2. The van der Waals surface area contributed by atoms with Crippen molar-refractivity contribution in [3.05, 3.63) is 29.6 Å². The predicted octanol–water partition coefficient (Wildman–Crippen LogP) is 3.95. The maximum atomic E-state index is 12.7. The van der Waals surface area contributed by atoms with Crippen LogP contribution in [-0.2, 0) is 17.8 Å². The van der Waals surface area contributed by atoms with Gasteiger partial charge in [0.1, 0.15) is 5.82 Å². The number of piperidine rings is 1. The monoisotopic (exact) mass is 406 g/mol. The zero-order valence-corrected chi connectivity index (χ0v) is 18.1. The first kappa shape index (κ1) is 18.9. The lowest BCUT2D eigenvalue weighted by Gasteiger charge is -2.37. The number of carbonyl (C=O) groups excluding carboxylic acids is 1. The highest BCUT2D eigenvalue weighted by Crippen LogP contribution is 2.34. The molecule has 1 atom stereocenters.